The number of nitrogens with zero attached hydrogens (tertiary/aromatic N) is 2. The van der Waals surface area contributed by atoms with Crippen molar-refractivity contribution in [3.63, 3.8) is 0 Å². The monoisotopic (exact) mass is 703 g/mol. The Morgan fingerprint density at radius 1 is 0.455 bits per heavy atom. The summed E-state index contributed by atoms with van der Waals surface area (Å²) in [4.78, 5) is 10.0. The molecule has 4 nitrogen and oxygen atoms in total. The van der Waals surface area contributed by atoms with Crippen LogP contribution in [0.2, 0.25) is 0 Å². The van der Waals surface area contributed by atoms with Crippen molar-refractivity contribution in [1.82, 2.24) is 0 Å². The first-order valence-corrected chi connectivity index (χ1v) is 18.4. The van der Waals surface area contributed by atoms with E-state index in [9.17, 15) is 0 Å². The van der Waals surface area contributed by atoms with Crippen molar-refractivity contribution in [2.75, 3.05) is 0 Å². The van der Waals surface area contributed by atoms with Crippen LogP contribution in [0.15, 0.2) is 202 Å². The second kappa shape index (κ2) is 13.5. The summed E-state index contributed by atoms with van der Waals surface area (Å²) in [5.41, 5.74) is 8.51. The van der Waals surface area contributed by atoms with E-state index in [4.69, 9.17) is 19.8 Å². The molecule has 9 aromatic carbocycles. The van der Waals surface area contributed by atoms with Crippen molar-refractivity contribution in [2.24, 2.45) is 9.98 Å². The lowest BCUT2D eigenvalue weighted by molar-refractivity contribution is 0.670. The minimum absolute atomic E-state index is 0.136. The highest BCUT2D eigenvalue weighted by Gasteiger charge is 2.14. The fourth-order valence-electron chi connectivity index (χ4n) is 7.68. The molecule has 0 aliphatic heterocycles. The molecule has 0 unspecified atom stereocenters. The quantitative estimate of drug-likeness (QED) is 0.0825. The normalized spacial score (nSPS) is 12.1. The van der Waals surface area contributed by atoms with Gasteiger partial charge in [-0.05, 0) is 61.1 Å². The van der Waals surface area contributed by atoms with Crippen molar-refractivity contribution in [3.05, 3.63) is 205 Å². The van der Waals surface area contributed by atoms with Crippen LogP contribution in [0.4, 0.5) is 0 Å². The molecule has 1 heterocycles. The van der Waals surface area contributed by atoms with Gasteiger partial charge >= 0.3 is 0 Å². The second-order valence-corrected chi connectivity index (χ2v) is 13.7. The number of hydrogen-bond donors (Lipinski definition) is 1. The first-order valence-electron chi connectivity index (χ1n) is 18.4. The van der Waals surface area contributed by atoms with Gasteiger partial charge in [0.2, 0.25) is 0 Å². The molecular formula is C51H33N3O. The largest absolute Gasteiger partial charge is 0.455 e. The lowest BCUT2D eigenvalue weighted by Crippen LogP contribution is -2.05. The van der Waals surface area contributed by atoms with E-state index in [1.54, 1.807) is 0 Å². The standard InChI is InChI=1S/C51H33N3O/c52-50(37-25-21-34(22-26-37)33-11-2-1-3-12-33)54-51(38-27-23-36(24-28-38)42-18-10-19-45-44-17-8-9-20-48(44)55-49(42)45)53-32-47-41-16-7-5-14-39(41)31-46-40-15-6-4-13-35(40)29-30-43(46)47/h1-32,52H. The number of furan rings is 1. The van der Waals surface area contributed by atoms with Crippen LogP contribution in [0, 0.1) is 5.41 Å². The number of benzene rings is 9. The van der Waals surface area contributed by atoms with E-state index in [1.165, 1.54) is 16.2 Å². The minimum atomic E-state index is 0.136. The highest BCUT2D eigenvalue weighted by atomic mass is 16.3. The van der Waals surface area contributed by atoms with Gasteiger partial charge in [0.15, 0.2) is 11.7 Å². The summed E-state index contributed by atoms with van der Waals surface area (Å²) in [6.07, 6.45) is 1.92. The van der Waals surface area contributed by atoms with Crippen molar-refractivity contribution >= 4 is 72.1 Å². The Morgan fingerprint density at radius 2 is 1.09 bits per heavy atom. The third kappa shape index (κ3) is 5.87. The molecular weight excluding hydrogens is 671 g/mol. The Morgan fingerprint density at radius 3 is 1.91 bits per heavy atom. The zero-order chi connectivity index (χ0) is 36.7. The van der Waals surface area contributed by atoms with Crippen molar-refractivity contribution < 1.29 is 4.42 Å². The molecule has 0 spiro atoms. The highest BCUT2D eigenvalue weighted by molar-refractivity contribution is 6.22. The van der Waals surface area contributed by atoms with Gasteiger partial charge in [-0.1, -0.05) is 176 Å². The zero-order valence-corrected chi connectivity index (χ0v) is 29.8. The summed E-state index contributed by atoms with van der Waals surface area (Å²) in [7, 11) is 0. The smallest absolute Gasteiger partial charge is 0.161 e. The molecule has 0 bridgehead atoms. The summed E-state index contributed by atoms with van der Waals surface area (Å²) >= 11 is 0. The van der Waals surface area contributed by atoms with Gasteiger partial charge in [0.05, 0.1) is 0 Å². The number of amidine groups is 2. The van der Waals surface area contributed by atoms with E-state index in [0.29, 0.717) is 11.4 Å². The van der Waals surface area contributed by atoms with Crippen LogP contribution in [-0.2, 0) is 0 Å². The van der Waals surface area contributed by atoms with E-state index in [-0.39, 0.29) is 5.84 Å². The molecule has 4 heteroatoms. The van der Waals surface area contributed by atoms with Crippen LogP contribution < -0.4 is 0 Å². The molecule has 0 aliphatic rings. The number of aliphatic imine (C=N–C) groups is 2. The minimum Gasteiger partial charge on any atom is -0.455 e. The predicted octanol–water partition coefficient (Wildman–Crippen LogP) is 13.3. The average Bonchev–Trinajstić information content (AvgIpc) is 3.64. The molecule has 0 radical (unpaired) electrons. The molecule has 55 heavy (non-hydrogen) atoms. The van der Waals surface area contributed by atoms with Crippen LogP contribution in [-0.4, -0.2) is 17.9 Å². The lowest BCUT2D eigenvalue weighted by Gasteiger charge is -2.11. The molecule has 258 valence electrons. The van der Waals surface area contributed by atoms with E-state index in [2.05, 4.69) is 115 Å². The molecule has 1 N–H and O–H groups in total. The topological polar surface area (TPSA) is 61.7 Å². The van der Waals surface area contributed by atoms with Gasteiger partial charge < -0.3 is 4.42 Å². The van der Waals surface area contributed by atoms with Gasteiger partial charge in [-0.3, -0.25) is 5.41 Å². The summed E-state index contributed by atoms with van der Waals surface area (Å²) in [5, 5.41) is 18.3. The van der Waals surface area contributed by atoms with Crippen LogP contribution in [0.5, 0.6) is 0 Å². The fraction of sp³-hybridized carbons (Fsp3) is 0. The molecule has 0 saturated heterocycles. The Bertz CT molecular complexity index is 3140. The SMILES string of the molecule is N=C(N=C(N=Cc1c2ccccc2cc2c1ccc1ccccc12)c1ccc(-c2cccc3c2oc2ccccc23)cc1)c1ccc(-c2ccccc2)cc1. The predicted molar refractivity (Wildman–Crippen MR) is 231 cm³/mol. The summed E-state index contributed by atoms with van der Waals surface area (Å²) in [6.45, 7) is 0. The van der Waals surface area contributed by atoms with Crippen LogP contribution in [0.3, 0.4) is 0 Å². The Hall–Kier alpha value is -7.43. The molecule has 0 aliphatic carbocycles. The van der Waals surface area contributed by atoms with Gasteiger partial charge in [-0.15, -0.1) is 0 Å². The first kappa shape index (κ1) is 32.2. The number of para-hydroxylation sites is 2. The van der Waals surface area contributed by atoms with E-state index >= 15 is 0 Å². The first-order chi connectivity index (χ1) is 27.2. The van der Waals surface area contributed by atoms with Gasteiger partial charge in [-0.2, -0.15) is 0 Å². The Kier molecular flexibility index (Phi) is 7.93. The summed E-state index contributed by atoms with van der Waals surface area (Å²) < 4.78 is 6.36. The molecule has 0 amide bonds. The zero-order valence-electron chi connectivity index (χ0n) is 29.8. The van der Waals surface area contributed by atoms with Crippen molar-refractivity contribution in [2.45, 2.75) is 0 Å². The average molecular weight is 704 g/mol. The third-order valence-electron chi connectivity index (χ3n) is 10.5. The third-order valence-corrected chi connectivity index (χ3v) is 10.5. The Labute approximate surface area is 317 Å². The highest BCUT2D eigenvalue weighted by Crippen LogP contribution is 2.36. The van der Waals surface area contributed by atoms with E-state index in [1.807, 2.05) is 79.0 Å². The number of rotatable bonds is 5. The Balaban J connectivity index is 1.09. The lowest BCUT2D eigenvalue weighted by atomic mass is 9.94. The molecule has 0 saturated carbocycles. The molecule has 0 atom stereocenters. The second-order valence-electron chi connectivity index (χ2n) is 13.7. The van der Waals surface area contributed by atoms with Gasteiger partial charge in [-0.25, -0.2) is 9.98 Å². The number of nitrogens with one attached hydrogen (secondary N) is 1. The molecule has 10 aromatic rings. The van der Waals surface area contributed by atoms with Crippen LogP contribution in [0.1, 0.15) is 16.7 Å². The molecule has 0 fully saturated rings. The number of fused-ring (bicyclic) bond motifs is 7. The van der Waals surface area contributed by atoms with E-state index < -0.39 is 0 Å². The van der Waals surface area contributed by atoms with Gasteiger partial charge in [0.25, 0.3) is 0 Å². The summed E-state index contributed by atoms with van der Waals surface area (Å²) in [5.74, 6) is 0.587. The molecule has 1 aromatic heterocycles. The van der Waals surface area contributed by atoms with Crippen LogP contribution >= 0.6 is 0 Å². The molecule has 10 rings (SSSR count). The van der Waals surface area contributed by atoms with E-state index in [0.717, 1.165) is 71.5 Å². The van der Waals surface area contributed by atoms with Gasteiger partial charge in [0, 0.05) is 39.2 Å². The van der Waals surface area contributed by atoms with Crippen molar-refractivity contribution in [1.29, 1.82) is 5.41 Å². The van der Waals surface area contributed by atoms with Gasteiger partial charge in [0.1, 0.15) is 11.2 Å². The summed E-state index contributed by atoms with van der Waals surface area (Å²) in [6, 6.07) is 64.5. The maximum Gasteiger partial charge on any atom is 0.161 e. The van der Waals surface area contributed by atoms with Crippen LogP contribution in [0.25, 0.3) is 76.5 Å². The maximum absolute atomic E-state index is 9.17. The van der Waals surface area contributed by atoms with Crippen molar-refractivity contribution in [3.8, 4) is 22.3 Å². The number of hydrogen-bond acceptors (Lipinski definition) is 2. The fourth-order valence-corrected chi connectivity index (χ4v) is 7.68. The maximum atomic E-state index is 9.17.